The maximum absolute atomic E-state index is 14.5. The monoisotopic (exact) mass is 363 g/mol. The number of halogens is 1. The fraction of sp³-hybridized carbons (Fsp3) is 0.474. The molecule has 1 aromatic heterocycles. The molecule has 0 saturated heterocycles. The summed E-state index contributed by atoms with van der Waals surface area (Å²) in [6.07, 6.45) is -0.332. The van der Waals surface area contributed by atoms with E-state index in [1.165, 1.54) is 6.07 Å². The van der Waals surface area contributed by atoms with E-state index in [-0.39, 0.29) is 18.3 Å². The fourth-order valence-electron chi connectivity index (χ4n) is 3.22. The molecule has 0 aliphatic carbocycles. The molecule has 1 amide bonds. The molecule has 0 bridgehead atoms. The molecule has 0 radical (unpaired) electrons. The Bertz CT molecular complexity index is 769. The lowest BCUT2D eigenvalue weighted by Crippen LogP contribution is -2.41. The van der Waals surface area contributed by atoms with Crippen LogP contribution in [0.3, 0.4) is 0 Å². The zero-order valence-electron chi connectivity index (χ0n) is 15.9. The summed E-state index contributed by atoms with van der Waals surface area (Å²) < 4.78 is 25.3. The highest BCUT2D eigenvalue weighted by atomic mass is 19.1. The number of primary amides is 1. The van der Waals surface area contributed by atoms with Gasteiger partial charge in [0.15, 0.2) is 11.6 Å². The Morgan fingerprint density at radius 2 is 2.08 bits per heavy atom. The van der Waals surface area contributed by atoms with Crippen molar-refractivity contribution in [1.82, 2.24) is 10.2 Å². The minimum absolute atomic E-state index is 0.00809. The predicted octanol–water partition coefficient (Wildman–Crippen LogP) is 4.11. The van der Waals surface area contributed by atoms with Crippen molar-refractivity contribution in [2.45, 2.75) is 46.6 Å². The van der Waals surface area contributed by atoms with E-state index in [4.69, 9.17) is 15.2 Å². The minimum atomic E-state index is -0.928. The molecule has 26 heavy (non-hydrogen) atoms. The average molecular weight is 363 g/mol. The molecular formula is C19H26FN3O3. The average Bonchev–Trinajstić information content (AvgIpc) is 2.83. The van der Waals surface area contributed by atoms with Crippen molar-refractivity contribution in [1.29, 1.82) is 0 Å². The fourth-order valence-corrected chi connectivity index (χ4v) is 3.22. The molecule has 1 atom stereocenters. The van der Waals surface area contributed by atoms with Crippen molar-refractivity contribution in [3.8, 4) is 16.9 Å². The molecule has 0 unspecified atom stereocenters. The summed E-state index contributed by atoms with van der Waals surface area (Å²) in [5, 5.41) is 7.02. The number of nitrogens with two attached hydrogens (primary N) is 1. The van der Waals surface area contributed by atoms with E-state index in [0.717, 1.165) is 22.5 Å². The topological polar surface area (TPSA) is 90.2 Å². The van der Waals surface area contributed by atoms with Crippen molar-refractivity contribution < 1.29 is 18.7 Å². The van der Waals surface area contributed by atoms with Gasteiger partial charge in [-0.3, -0.25) is 5.10 Å². The molecule has 0 spiro atoms. The van der Waals surface area contributed by atoms with Gasteiger partial charge in [-0.05, 0) is 50.8 Å². The van der Waals surface area contributed by atoms with Crippen LogP contribution in [0.25, 0.3) is 11.1 Å². The maximum Gasteiger partial charge on any atom is 0.405 e. The van der Waals surface area contributed by atoms with E-state index >= 15 is 0 Å². The standard InChI is InChI=1S/C19H26FN3O3/c1-11(2)9-19(5,26-18(21)24)10-25-16-7-6-14(8-15(16)20)17-12(3)22-23-13(17)4/h6-8,11H,9-10H2,1-5H3,(H2,21,24)(H,22,23)/t19-/m0/s1. The second-order valence-corrected chi connectivity index (χ2v) is 7.21. The predicted molar refractivity (Wildman–Crippen MR) is 97.5 cm³/mol. The summed E-state index contributed by atoms with van der Waals surface area (Å²) in [5.74, 6) is -0.147. The van der Waals surface area contributed by atoms with Gasteiger partial charge in [0, 0.05) is 11.3 Å². The Labute approximate surface area is 152 Å². The number of nitrogens with zero attached hydrogens (tertiary/aromatic N) is 1. The zero-order chi connectivity index (χ0) is 19.5. The third kappa shape index (κ3) is 4.74. The van der Waals surface area contributed by atoms with E-state index in [1.807, 2.05) is 27.7 Å². The molecule has 2 rings (SSSR count). The van der Waals surface area contributed by atoms with Gasteiger partial charge in [0.25, 0.3) is 0 Å². The first kappa shape index (κ1) is 19.8. The second kappa shape index (κ2) is 7.76. The molecule has 3 N–H and O–H groups in total. The molecule has 6 nitrogen and oxygen atoms in total. The van der Waals surface area contributed by atoms with Crippen molar-refractivity contribution in [2.75, 3.05) is 6.61 Å². The summed E-state index contributed by atoms with van der Waals surface area (Å²) >= 11 is 0. The van der Waals surface area contributed by atoms with Gasteiger partial charge in [-0.15, -0.1) is 0 Å². The normalized spacial score (nSPS) is 13.5. The van der Waals surface area contributed by atoms with Crippen molar-refractivity contribution >= 4 is 6.09 Å². The molecule has 2 aromatic rings. The van der Waals surface area contributed by atoms with Gasteiger partial charge in [-0.2, -0.15) is 5.10 Å². The maximum atomic E-state index is 14.5. The smallest absolute Gasteiger partial charge is 0.405 e. The van der Waals surface area contributed by atoms with Gasteiger partial charge in [-0.25, -0.2) is 9.18 Å². The lowest BCUT2D eigenvalue weighted by atomic mass is 9.95. The van der Waals surface area contributed by atoms with Crippen LogP contribution < -0.4 is 10.5 Å². The van der Waals surface area contributed by atoms with Gasteiger partial charge in [0.1, 0.15) is 12.2 Å². The number of benzene rings is 1. The van der Waals surface area contributed by atoms with Crippen molar-refractivity contribution in [3.05, 3.63) is 35.4 Å². The molecule has 1 heterocycles. The molecule has 142 valence electrons. The minimum Gasteiger partial charge on any atom is -0.486 e. The molecule has 0 saturated carbocycles. The van der Waals surface area contributed by atoms with E-state index in [2.05, 4.69) is 10.2 Å². The third-order valence-electron chi connectivity index (χ3n) is 4.07. The van der Waals surface area contributed by atoms with Crippen LogP contribution in [0.2, 0.25) is 0 Å². The van der Waals surface area contributed by atoms with Gasteiger partial charge in [-0.1, -0.05) is 19.9 Å². The molecule has 0 fully saturated rings. The number of amides is 1. The summed E-state index contributed by atoms with van der Waals surface area (Å²) in [6, 6.07) is 4.75. The number of aryl methyl sites for hydroxylation is 2. The molecule has 0 aliphatic heterocycles. The molecule has 1 aromatic carbocycles. The van der Waals surface area contributed by atoms with E-state index < -0.39 is 17.5 Å². The Kier molecular flexibility index (Phi) is 5.90. The van der Waals surface area contributed by atoms with Crippen LogP contribution in [0.1, 0.15) is 38.6 Å². The van der Waals surface area contributed by atoms with Gasteiger partial charge in [0.2, 0.25) is 0 Å². The van der Waals surface area contributed by atoms with E-state index in [9.17, 15) is 9.18 Å². The third-order valence-corrected chi connectivity index (χ3v) is 4.07. The summed E-state index contributed by atoms with van der Waals surface area (Å²) in [5.41, 5.74) is 7.49. The highest BCUT2D eigenvalue weighted by molar-refractivity contribution is 5.69. The number of carbonyl (C=O) groups is 1. The quantitative estimate of drug-likeness (QED) is 0.774. The Hall–Kier alpha value is -2.57. The van der Waals surface area contributed by atoms with Gasteiger partial charge in [0.05, 0.1) is 5.69 Å². The van der Waals surface area contributed by atoms with Crippen molar-refractivity contribution in [2.24, 2.45) is 11.7 Å². The first-order chi connectivity index (χ1) is 12.1. The van der Waals surface area contributed by atoms with Crippen LogP contribution in [0.4, 0.5) is 9.18 Å². The number of ether oxygens (including phenoxy) is 2. The van der Waals surface area contributed by atoms with E-state index in [1.54, 1.807) is 19.1 Å². The number of hydrogen-bond acceptors (Lipinski definition) is 4. The first-order valence-electron chi connectivity index (χ1n) is 8.54. The number of aromatic amines is 1. The molecule has 7 heteroatoms. The van der Waals surface area contributed by atoms with Crippen LogP contribution in [-0.4, -0.2) is 28.5 Å². The molecule has 0 aliphatic rings. The van der Waals surface area contributed by atoms with Gasteiger partial charge < -0.3 is 15.2 Å². The number of nitrogens with one attached hydrogen (secondary N) is 1. The SMILES string of the molecule is Cc1n[nH]c(C)c1-c1ccc(OC[C@](C)(CC(C)C)OC(N)=O)c(F)c1. The lowest BCUT2D eigenvalue weighted by molar-refractivity contribution is -0.0193. The summed E-state index contributed by atoms with van der Waals surface area (Å²) in [6.45, 7) is 9.47. The van der Waals surface area contributed by atoms with Crippen LogP contribution in [0.5, 0.6) is 5.75 Å². The largest absolute Gasteiger partial charge is 0.486 e. The van der Waals surface area contributed by atoms with Crippen LogP contribution >= 0.6 is 0 Å². The lowest BCUT2D eigenvalue weighted by Gasteiger charge is -2.30. The Morgan fingerprint density at radius 3 is 2.58 bits per heavy atom. The summed E-state index contributed by atoms with van der Waals surface area (Å²) in [4.78, 5) is 11.2. The highest BCUT2D eigenvalue weighted by Crippen LogP contribution is 2.30. The Balaban J connectivity index is 2.18. The van der Waals surface area contributed by atoms with Crippen LogP contribution in [0, 0.1) is 25.6 Å². The van der Waals surface area contributed by atoms with Gasteiger partial charge >= 0.3 is 6.09 Å². The second-order valence-electron chi connectivity index (χ2n) is 7.21. The molecular weight excluding hydrogens is 337 g/mol. The number of H-pyrrole nitrogens is 1. The van der Waals surface area contributed by atoms with Crippen LogP contribution in [-0.2, 0) is 4.74 Å². The zero-order valence-corrected chi connectivity index (χ0v) is 15.9. The number of rotatable bonds is 7. The van der Waals surface area contributed by atoms with E-state index in [0.29, 0.717) is 6.42 Å². The number of aromatic nitrogens is 2. The first-order valence-corrected chi connectivity index (χ1v) is 8.54. The number of hydrogen-bond donors (Lipinski definition) is 2. The Morgan fingerprint density at radius 1 is 1.38 bits per heavy atom. The van der Waals surface area contributed by atoms with Crippen molar-refractivity contribution in [3.63, 3.8) is 0 Å². The van der Waals surface area contributed by atoms with Crippen LogP contribution in [0.15, 0.2) is 18.2 Å². The number of carbonyl (C=O) groups excluding carboxylic acids is 1. The highest BCUT2D eigenvalue weighted by Gasteiger charge is 2.31. The summed E-state index contributed by atoms with van der Waals surface area (Å²) in [7, 11) is 0.